The molecule has 0 aromatic carbocycles. The molecule has 2 aromatic rings. The normalized spacial score (nSPS) is 15.8. The summed E-state index contributed by atoms with van der Waals surface area (Å²) >= 11 is 1.18. The van der Waals surface area contributed by atoms with E-state index in [-0.39, 0.29) is 24.1 Å². The number of carbonyl (C=O) groups excluding carboxylic acids is 3. The molecule has 8 heteroatoms. The SMILES string of the molecule is CCOC(=O)c1c(-c2ccco2)csc1NC(=O)COC(=O)C1CC=CCC1. The molecule has 1 amide bonds. The van der Waals surface area contributed by atoms with Crippen molar-refractivity contribution >= 4 is 34.2 Å². The van der Waals surface area contributed by atoms with Crippen molar-refractivity contribution in [3.63, 3.8) is 0 Å². The summed E-state index contributed by atoms with van der Waals surface area (Å²) in [5.74, 6) is -1.17. The van der Waals surface area contributed by atoms with Gasteiger partial charge in [-0.25, -0.2) is 4.79 Å². The fraction of sp³-hybridized carbons (Fsp3) is 0.350. The van der Waals surface area contributed by atoms with E-state index in [9.17, 15) is 14.4 Å². The average Bonchev–Trinajstić information content (AvgIpc) is 3.36. The van der Waals surface area contributed by atoms with Gasteiger partial charge in [0.1, 0.15) is 16.3 Å². The Bertz CT molecular complexity index is 867. The van der Waals surface area contributed by atoms with E-state index in [1.807, 2.05) is 12.2 Å². The van der Waals surface area contributed by atoms with Gasteiger partial charge in [0.15, 0.2) is 6.61 Å². The highest BCUT2D eigenvalue weighted by Gasteiger charge is 2.25. The average molecular weight is 403 g/mol. The van der Waals surface area contributed by atoms with E-state index in [0.29, 0.717) is 22.7 Å². The lowest BCUT2D eigenvalue weighted by Crippen LogP contribution is -2.25. The first-order valence-electron chi connectivity index (χ1n) is 9.04. The number of anilines is 1. The lowest BCUT2D eigenvalue weighted by atomic mass is 9.95. The molecule has 0 saturated heterocycles. The molecule has 3 rings (SSSR count). The Morgan fingerprint density at radius 3 is 2.82 bits per heavy atom. The Morgan fingerprint density at radius 2 is 2.14 bits per heavy atom. The number of furan rings is 1. The summed E-state index contributed by atoms with van der Waals surface area (Å²) in [6, 6.07) is 3.43. The fourth-order valence-corrected chi connectivity index (χ4v) is 3.85. The van der Waals surface area contributed by atoms with Crippen molar-refractivity contribution in [2.24, 2.45) is 5.92 Å². The molecule has 0 saturated carbocycles. The van der Waals surface area contributed by atoms with Crippen LogP contribution in [0.4, 0.5) is 5.00 Å². The topological polar surface area (TPSA) is 94.8 Å². The van der Waals surface area contributed by atoms with E-state index < -0.39 is 18.5 Å². The van der Waals surface area contributed by atoms with E-state index >= 15 is 0 Å². The lowest BCUT2D eigenvalue weighted by Gasteiger charge is -2.16. The minimum atomic E-state index is -0.559. The maximum atomic E-state index is 12.4. The Morgan fingerprint density at radius 1 is 1.29 bits per heavy atom. The van der Waals surface area contributed by atoms with Crippen LogP contribution in [0.5, 0.6) is 0 Å². The van der Waals surface area contributed by atoms with Crippen LogP contribution >= 0.6 is 11.3 Å². The van der Waals surface area contributed by atoms with E-state index in [1.54, 1.807) is 24.4 Å². The van der Waals surface area contributed by atoms with Gasteiger partial charge >= 0.3 is 11.9 Å². The maximum absolute atomic E-state index is 12.4. The van der Waals surface area contributed by atoms with Crippen molar-refractivity contribution in [1.29, 1.82) is 0 Å². The van der Waals surface area contributed by atoms with Gasteiger partial charge < -0.3 is 19.2 Å². The van der Waals surface area contributed by atoms with Gasteiger partial charge in [-0.3, -0.25) is 9.59 Å². The molecule has 1 aliphatic carbocycles. The molecule has 1 atom stereocenters. The van der Waals surface area contributed by atoms with Crippen molar-refractivity contribution < 1.29 is 28.3 Å². The molecule has 0 spiro atoms. The fourth-order valence-electron chi connectivity index (χ4n) is 2.89. The van der Waals surface area contributed by atoms with Crippen LogP contribution in [0.25, 0.3) is 11.3 Å². The number of amides is 1. The van der Waals surface area contributed by atoms with Crippen LogP contribution in [0.15, 0.2) is 40.3 Å². The lowest BCUT2D eigenvalue weighted by molar-refractivity contribution is -0.151. The molecule has 1 N–H and O–H groups in total. The second kappa shape index (κ2) is 9.36. The Labute approximate surface area is 166 Å². The molecule has 0 fully saturated rings. The van der Waals surface area contributed by atoms with Gasteiger partial charge in [0.25, 0.3) is 5.91 Å². The number of esters is 2. The van der Waals surface area contributed by atoms with E-state index in [4.69, 9.17) is 13.9 Å². The zero-order valence-corrected chi connectivity index (χ0v) is 16.3. The van der Waals surface area contributed by atoms with Crippen LogP contribution in [-0.4, -0.2) is 31.1 Å². The highest BCUT2D eigenvalue weighted by Crippen LogP contribution is 2.36. The number of nitrogens with one attached hydrogen (secondary N) is 1. The largest absolute Gasteiger partial charge is 0.464 e. The minimum Gasteiger partial charge on any atom is -0.464 e. The van der Waals surface area contributed by atoms with Crippen molar-refractivity contribution in [2.45, 2.75) is 26.2 Å². The summed E-state index contributed by atoms with van der Waals surface area (Å²) in [6.07, 6.45) is 7.66. The number of hydrogen-bond donors (Lipinski definition) is 1. The molecule has 0 aliphatic heterocycles. The first-order valence-corrected chi connectivity index (χ1v) is 9.92. The van der Waals surface area contributed by atoms with Crippen LogP contribution in [0, 0.1) is 5.92 Å². The number of carbonyl (C=O) groups is 3. The highest BCUT2D eigenvalue weighted by atomic mass is 32.1. The molecule has 0 radical (unpaired) electrons. The summed E-state index contributed by atoms with van der Waals surface area (Å²) in [6.45, 7) is 1.50. The predicted octanol–water partition coefficient (Wildman–Crippen LogP) is 4.02. The third-order valence-corrected chi connectivity index (χ3v) is 5.15. The number of hydrogen-bond acceptors (Lipinski definition) is 7. The summed E-state index contributed by atoms with van der Waals surface area (Å²) in [5.41, 5.74) is 0.758. The molecule has 28 heavy (non-hydrogen) atoms. The Balaban J connectivity index is 1.67. The number of rotatable bonds is 7. The zero-order valence-electron chi connectivity index (χ0n) is 15.4. The summed E-state index contributed by atoms with van der Waals surface area (Å²) in [7, 11) is 0. The number of ether oxygens (including phenoxy) is 2. The van der Waals surface area contributed by atoms with Gasteiger partial charge in [0, 0.05) is 10.9 Å². The third-order valence-electron chi connectivity index (χ3n) is 4.26. The Hall–Kier alpha value is -2.87. The van der Waals surface area contributed by atoms with Gasteiger partial charge in [0.2, 0.25) is 0 Å². The molecule has 2 heterocycles. The second-order valence-electron chi connectivity index (χ2n) is 6.19. The smallest absolute Gasteiger partial charge is 0.341 e. The number of allylic oxidation sites excluding steroid dienone is 2. The molecule has 148 valence electrons. The van der Waals surface area contributed by atoms with Crippen LogP contribution in [-0.2, 0) is 19.1 Å². The third kappa shape index (κ3) is 4.69. The van der Waals surface area contributed by atoms with E-state index in [1.165, 1.54) is 17.6 Å². The van der Waals surface area contributed by atoms with Gasteiger partial charge in [-0.05, 0) is 38.3 Å². The molecule has 7 nitrogen and oxygen atoms in total. The van der Waals surface area contributed by atoms with Gasteiger partial charge in [-0.15, -0.1) is 11.3 Å². The van der Waals surface area contributed by atoms with Crippen LogP contribution in [0.3, 0.4) is 0 Å². The van der Waals surface area contributed by atoms with Crippen LogP contribution < -0.4 is 5.32 Å². The van der Waals surface area contributed by atoms with Crippen molar-refractivity contribution in [2.75, 3.05) is 18.5 Å². The predicted molar refractivity (Wildman–Crippen MR) is 104 cm³/mol. The maximum Gasteiger partial charge on any atom is 0.341 e. The first kappa shape index (κ1) is 19.9. The second-order valence-corrected chi connectivity index (χ2v) is 7.07. The van der Waals surface area contributed by atoms with Crippen molar-refractivity contribution in [3.8, 4) is 11.3 Å². The van der Waals surface area contributed by atoms with Crippen molar-refractivity contribution in [3.05, 3.63) is 41.5 Å². The summed E-state index contributed by atoms with van der Waals surface area (Å²) in [4.78, 5) is 36.7. The Kier molecular flexibility index (Phi) is 6.65. The molecule has 2 aromatic heterocycles. The van der Waals surface area contributed by atoms with E-state index in [0.717, 1.165) is 12.8 Å². The van der Waals surface area contributed by atoms with Crippen LogP contribution in [0.1, 0.15) is 36.5 Å². The van der Waals surface area contributed by atoms with E-state index in [2.05, 4.69) is 5.32 Å². The molecule has 1 unspecified atom stereocenters. The molecular weight excluding hydrogens is 382 g/mol. The van der Waals surface area contributed by atoms with Gasteiger partial charge in [-0.1, -0.05) is 12.2 Å². The summed E-state index contributed by atoms with van der Waals surface area (Å²) < 4.78 is 15.6. The quantitative estimate of drug-likeness (QED) is 0.554. The number of thiophene rings is 1. The van der Waals surface area contributed by atoms with Crippen molar-refractivity contribution in [1.82, 2.24) is 0 Å². The van der Waals surface area contributed by atoms with Gasteiger partial charge in [-0.2, -0.15) is 0 Å². The zero-order chi connectivity index (χ0) is 19.9. The summed E-state index contributed by atoms with van der Waals surface area (Å²) in [5, 5.41) is 4.67. The first-order chi connectivity index (χ1) is 13.6. The van der Waals surface area contributed by atoms with Crippen LogP contribution in [0.2, 0.25) is 0 Å². The highest BCUT2D eigenvalue weighted by molar-refractivity contribution is 7.15. The molecule has 0 bridgehead atoms. The molecule has 1 aliphatic rings. The minimum absolute atomic E-state index is 0.201. The monoisotopic (exact) mass is 403 g/mol. The molecular formula is C20H21NO6S. The standard InChI is InChI=1S/C20H21NO6S/c1-2-25-20(24)17-14(15-9-6-10-26-15)12-28-18(17)21-16(22)11-27-19(23)13-7-4-3-5-8-13/h3-4,6,9-10,12-13H,2,5,7-8,11H2,1H3,(H,21,22). The van der Waals surface area contributed by atoms with Gasteiger partial charge in [0.05, 0.1) is 18.8 Å².